The lowest BCUT2D eigenvalue weighted by Gasteiger charge is -2.38. The van der Waals surface area contributed by atoms with Gasteiger partial charge in [0.2, 0.25) is 0 Å². The topological polar surface area (TPSA) is 70.1 Å². The molecule has 1 aliphatic heterocycles. The van der Waals surface area contributed by atoms with Crippen LogP contribution in [0.25, 0.3) is 0 Å². The molecule has 0 saturated carbocycles. The monoisotopic (exact) mass is 530 g/mol. The van der Waals surface area contributed by atoms with Crippen LogP contribution in [-0.4, -0.2) is 73.1 Å². The summed E-state index contributed by atoms with van der Waals surface area (Å²) in [6.07, 6.45) is 1.47. The number of hydrogen-bond donors (Lipinski definition) is 1. The molecule has 1 fully saturated rings. The van der Waals surface area contributed by atoms with Gasteiger partial charge in [-0.3, -0.25) is 14.5 Å². The number of morpholine rings is 1. The van der Waals surface area contributed by atoms with Gasteiger partial charge in [0, 0.05) is 29.9 Å². The van der Waals surface area contributed by atoms with Crippen LogP contribution in [0.4, 0.5) is 5.69 Å². The minimum absolute atomic E-state index is 0.187. The van der Waals surface area contributed by atoms with E-state index in [9.17, 15) is 14.7 Å². The van der Waals surface area contributed by atoms with E-state index in [4.69, 9.17) is 4.74 Å². The second-order valence-corrected chi connectivity index (χ2v) is 10.7. The molecule has 1 N–H and O–H groups in total. The molecule has 0 spiro atoms. The maximum atomic E-state index is 13.6. The molecule has 1 saturated heterocycles. The predicted molar refractivity (Wildman–Crippen MR) is 158 cm³/mol. The highest BCUT2D eigenvalue weighted by molar-refractivity contribution is 6.03. The summed E-state index contributed by atoms with van der Waals surface area (Å²) < 4.78 is 5.42. The van der Waals surface area contributed by atoms with E-state index in [-0.39, 0.29) is 11.6 Å². The molecule has 0 amide bonds. The zero-order chi connectivity index (χ0) is 28.5. The number of carbonyl (C=O) groups is 2. The summed E-state index contributed by atoms with van der Waals surface area (Å²) in [6, 6.07) is 27.1. The molecule has 1 heterocycles. The Labute approximate surface area is 233 Å². The first-order valence-electron chi connectivity index (χ1n) is 13.6. The van der Waals surface area contributed by atoms with Gasteiger partial charge in [0.05, 0.1) is 18.8 Å². The standard InChI is InChI=1S/C23H30N2O2.C10H12O2/c1-4-23(24(2)3,18-19-8-6-5-7-9-19)22(26)20-10-12-21(13-11-20)25-14-16-27-17-15-25;1-10(2,12)9(11)8-6-4-3-5-7-8/h5-13H,4,14-18H2,1-3H3;3-7,12H,1-2H3. The summed E-state index contributed by atoms with van der Waals surface area (Å²) in [5.41, 5.74) is 1.85. The molecule has 1 unspecified atom stereocenters. The Morgan fingerprint density at radius 2 is 1.33 bits per heavy atom. The lowest BCUT2D eigenvalue weighted by Crippen LogP contribution is -2.52. The smallest absolute Gasteiger partial charge is 0.193 e. The zero-order valence-electron chi connectivity index (χ0n) is 23.9. The molecule has 208 valence electrons. The third kappa shape index (κ3) is 7.85. The molecular formula is C33H42N2O4. The van der Waals surface area contributed by atoms with Gasteiger partial charge in [-0.25, -0.2) is 0 Å². The first-order chi connectivity index (χ1) is 18.6. The number of aliphatic hydroxyl groups is 1. The van der Waals surface area contributed by atoms with Crippen LogP contribution < -0.4 is 4.90 Å². The van der Waals surface area contributed by atoms with E-state index in [1.165, 1.54) is 19.4 Å². The number of benzene rings is 3. The van der Waals surface area contributed by atoms with Crippen molar-refractivity contribution >= 4 is 17.3 Å². The Morgan fingerprint density at radius 1 is 0.821 bits per heavy atom. The van der Waals surface area contributed by atoms with Crippen LogP contribution in [0.3, 0.4) is 0 Å². The number of Topliss-reactive ketones (excluding diaryl/α,β-unsaturated/α-hetero) is 2. The lowest BCUT2D eigenvalue weighted by atomic mass is 9.80. The molecule has 3 aromatic carbocycles. The van der Waals surface area contributed by atoms with Crippen molar-refractivity contribution in [3.63, 3.8) is 0 Å². The molecule has 6 nitrogen and oxygen atoms in total. The fourth-order valence-corrected chi connectivity index (χ4v) is 4.83. The summed E-state index contributed by atoms with van der Waals surface area (Å²) in [5.74, 6) is -0.0597. The number of rotatable bonds is 9. The van der Waals surface area contributed by atoms with Crippen molar-refractivity contribution in [2.75, 3.05) is 45.3 Å². The number of ketones is 2. The number of carbonyl (C=O) groups excluding carboxylic acids is 2. The molecule has 0 aliphatic carbocycles. The Hall–Kier alpha value is -3.32. The Bertz CT molecular complexity index is 1180. The molecule has 0 aromatic heterocycles. The highest BCUT2D eigenvalue weighted by Crippen LogP contribution is 2.29. The minimum Gasteiger partial charge on any atom is -0.382 e. The average molecular weight is 531 g/mol. The van der Waals surface area contributed by atoms with Crippen molar-refractivity contribution in [3.8, 4) is 0 Å². The number of hydrogen-bond acceptors (Lipinski definition) is 6. The molecule has 3 aromatic rings. The maximum Gasteiger partial charge on any atom is 0.193 e. The van der Waals surface area contributed by atoms with E-state index >= 15 is 0 Å². The molecular weight excluding hydrogens is 488 g/mol. The van der Waals surface area contributed by atoms with E-state index in [1.807, 2.05) is 50.5 Å². The fourth-order valence-electron chi connectivity index (χ4n) is 4.83. The quantitative estimate of drug-likeness (QED) is 0.379. The lowest BCUT2D eigenvalue weighted by molar-refractivity contribution is 0.0488. The van der Waals surface area contributed by atoms with Crippen LogP contribution in [0.1, 0.15) is 53.5 Å². The van der Waals surface area contributed by atoms with Crippen LogP contribution >= 0.6 is 0 Å². The summed E-state index contributed by atoms with van der Waals surface area (Å²) >= 11 is 0. The van der Waals surface area contributed by atoms with Crippen molar-refractivity contribution in [2.24, 2.45) is 0 Å². The van der Waals surface area contributed by atoms with Gasteiger partial charge in [-0.05, 0) is 70.6 Å². The van der Waals surface area contributed by atoms with Crippen LogP contribution in [0, 0.1) is 0 Å². The minimum atomic E-state index is -1.28. The van der Waals surface area contributed by atoms with Crippen LogP contribution in [-0.2, 0) is 11.2 Å². The van der Waals surface area contributed by atoms with Crippen LogP contribution in [0.2, 0.25) is 0 Å². The van der Waals surface area contributed by atoms with Gasteiger partial charge in [-0.15, -0.1) is 0 Å². The van der Waals surface area contributed by atoms with Gasteiger partial charge in [0.1, 0.15) is 5.60 Å². The SMILES string of the molecule is CC(C)(O)C(=O)c1ccccc1.CCC(Cc1ccccc1)(C(=O)c1ccc(N2CCOCC2)cc1)N(C)C. The highest BCUT2D eigenvalue weighted by Gasteiger charge is 2.39. The van der Waals surface area contributed by atoms with Gasteiger partial charge >= 0.3 is 0 Å². The molecule has 4 rings (SSSR count). The van der Waals surface area contributed by atoms with Crippen molar-refractivity contribution < 1.29 is 19.4 Å². The van der Waals surface area contributed by atoms with Gasteiger partial charge in [0.15, 0.2) is 11.6 Å². The van der Waals surface area contributed by atoms with Gasteiger partial charge in [-0.1, -0.05) is 67.6 Å². The van der Waals surface area contributed by atoms with E-state index in [0.29, 0.717) is 12.0 Å². The molecule has 0 radical (unpaired) electrons. The average Bonchev–Trinajstić information content (AvgIpc) is 2.96. The second-order valence-electron chi connectivity index (χ2n) is 10.7. The molecule has 6 heteroatoms. The first kappa shape index (κ1) is 30.2. The van der Waals surface area contributed by atoms with Gasteiger partial charge in [-0.2, -0.15) is 0 Å². The van der Waals surface area contributed by atoms with Crippen molar-refractivity contribution in [2.45, 2.75) is 44.8 Å². The first-order valence-corrected chi connectivity index (χ1v) is 13.6. The number of likely N-dealkylation sites (N-methyl/N-ethyl adjacent to an activating group) is 1. The summed E-state index contributed by atoms with van der Waals surface area (Å²) in [5, 5.41) is 9.39. The number of anilines is 1. The van der Waals surface area contributed by atoms with Crippen molar-refractivity contribution in [1.29, 1.82) is 0 Å². The molecule has 1 aliphatic rings. The van der Waals surface area contributed by atoms with Gasteiger partial charge < -0.3 is 14.7 Å². The molecule has 39 heavy (non-hydrogen) atoms. The third-order valence-electron chi connectivity index (χ3n) is 7.30. The van der Waals surface area contributed by atoms with E-state index < -0.39 is 11.1 Å². The predicted octanol–water partition coefficient (Wildman–Crippen LogP) is 5.30. The Kier molecular flexibility index (Phi) is 10.6. The Balaban J connectivity index is 0.000000293. The number of ether oxygens (including phenoxy) is 1. The van der Waals surface area contributed by atoms with Crippen molar-refractivity contribution in [3.05, 3.63) is 102 Å². The summed E-state index contributed by atoms with van der Waals surface area (Å²) in [6.45, 7) is 8.40. The normalized spacial score (nSPS) is 15.2. The molecule has 0 bridgehead atoms. The third-order valence-corrected chi connectivity index (χ3v) is 7.30. The van der Waals surface area contributed by atoms with Crippen molar-refractivity contribution in [1.82, 2.24) is 4.90 Å². The fraction of sp³-hybridized carbons (Fsp3) is 0.394. The summed E-state index contributed by atoms with van der Waals surface area (Å²) in [7, 11) is 4.01. The zero-order valence-corrected chi connectivity index (χ0v) is 23.9. The van der Waals surface area contributed by atoms with Gasteiger partial charge in [0.25, 0.3) is 0 Å². The van der Waals surface area contributed by atoms with Crippen LogP contribution in [0.15, 0.2) is 84.9 Å². The highest BCUT2D eigenvalue weighted by atomic mass is 16.5. The number of nitrogens with zero attached hydrogens (tertiary/aromatic N) is 2. The van der Waals surface area contributed by atoms with Crippen LogP contribution in [0.5, 0.6) is 0 Å². The van der Waals surface area contributed by atoms with E-state index in [0.717, 1.165) is 44.0 Å². The largest absolute Gasteiger partial charge is 0.382 e. The maximum absolute atomic E-state index is 13.6. The second kappa shape index (κ2) is 13.7. The van der Waals surface area contributed by atoms with E-state index in [1.54, 1.807) is 24.3 Å². The molecule has 1 atom stereocenters. The summed E-state index contributed by atoms with van der Waals surface area (Å²) in [4.78, 5) is 29.4. The Morgan fingerprint density at radius 3 is 1.82 bits per heavy atom. The van der Waals surface area contributed by atoms with E-state index in [2.05, 4.69) is 41.0 Å².